The summed E-state index contributed by atoms with van der Waals surface area (Å²) >= 11 is 6.67. The molecule has 116 valence electrons. The number of alkyl halides is 3. The van der Waals surface area contributed by atoms with Gasteiger partial charge >= 0.3 is 6.18 Å². The molecule has 2 atom stereocenters. The van der Waals surface area contributed by atoms with Crippen molar-refractivity contribution < 1.29 is 13.2 Å². The summed E-state index contributed by atoms with van der Waals surface area (Å²) in [6.45, 7) is 0. The van der Waals surface area contributed by atoms with Gasteiger partial charge < -0.3 is 11.1 Å². The molecule has 0 heterocycles. The number of nitrogens with two attached hydrogens (primary N) is 1. The zero-order valence-corrected chi connectivity index (χ0v) is 13.2. The topological polar surface area (TPSA) is 38.0 Å². The number of halogens is 3. The summed E-state index contributed by atoms with van der Waals surface area (Å²) in [5.74, 6) is 0. The minimum absolute atomic E-state index is 0.0256. The number of anilines is 1. The van der Waals surface area contributed by atoms with Crippen LogP contribution in [0.2, 0.25) is 0 Å². The number of benzene rings is 1. The molecule has 1 fully saturated rings. The summed E-state index contributed by atoms with van der Waals surface area (Å²) in [7, 11) is 0. The van der Waals surface area contributed by atoms with E-state index < -0.39 is 11.7 Å². The Labute approximate surface area is 131 Å². The molecule has 3 N–H and O–H groups in total. The van der Waals surface area contributed by atoms with E-state index in [2.05, 4.69) is 5.32 Å². The van der Waals surface area contributed by atoms with Crippen LogP contribution in [-0.2, 0) is 6.18 Å². The highest BCUT2D eigenvalue weighted by Crippen LogP contribution is 2.34. The number of thiocarbonyl (C=S) groups is 1. The molecule has 0 bridgehead atoms. The maximum absolute atomic E-state index is 12.8. The smallest absolute Gasteiger partial charge is 0.389 e. The van der Waals surface area contributed by atoms with Crippen LogP contribution in [-0.4, -0.2) is 22.5 Å². The van der Waals surface area contributed by atoms with Gasteiger partial charge in [-0.15, -0.1) is 0 Å². The van der Waals surface area contributed by atoms with Gasteiger partial charge in [-0.1, -0.05) is 18.6 Å². The van der Waals surface area contributed by atoms with Crippen LogP contribution in [0.4, 0.5) is 18.9 Å². The van der Waals surface area contributed by atoms with E-state index in [9.17, 15) is 13.2 Å². The number of rotatable bonds is 4. The fourth-order valence-corrected chi connectivity index (χ4v) is 3.73. The second-order valence-electron chi connectivity index (χ2n) is 5.08. The Hall–Kier alpha value is -0.950. The minimum atomic E-state index is -4.40. The molecule has 7 heteroatoms. The fourth-order valence-electron chi connectivity index (χ4n) is 2.62. The van der Waals surface area contributed by atoms with E-state index in [0.717, 1.165) is 31.4 Å². The van der Waals surface area contributed by atoms with E-state index in [1.165, 1.54) is 6.07 Å². The Morgan fingerprint density at radius 2 is 2.10 bits per heavy atom. The largest absolute Gasteiger partial charge is 0.416 e. The quantitative estimate of drug-likeness (QED) is 0.815. The highest BCUT2D eigenvalue weighted by molar-refractivity contribution is 7.99. The summed E-state index contributed by atoms with van der Waals surface area (Å²) in [5.41, 5.74) is 5.70. The van der Waals surface area contributed by atoms with Gasteiger partial charge in [0.15, 0.2) is 0 Å². The van der Waals surface area contributed by atoms with Crippen molar-refractivity contribution in [2.45, 2.75) is 36.7 Å². The predicted molar refractivity (Wildman–Crippen MR) is 85.9 cm³/mol. The number of thioether (sulfide) groups is 1. The van der Waals surface area contributed by atoms with Crippen molar-refractivity contribution in [3.8, 4) is 0 Å². The summed E-state index contributed by atoms with van der Waals surface area (Å²) in [6, 6.07) is 3.75. The van der Waals surface area contributed by atoms with E-state index in [-0.39, 0.29) is 16.6 Å². The average Bonchev–Trinajstić information content (AvgIpc) is 2.84. The lowest BCUT2D eigenvalue weighted by molar-refractivity contribution is -0.137. The van der Waals surface area contributed by atoms with E-state index in [1.807, 2.05) is 6.26 Å². The number of nitrogens with one attached hydrogen (secondary N) is 1. The molecule has 0 spiro atoms. The van der Waals surface area contributed by atoms with Gasteiger partial charge in [0.1, 0.15) is 4.99 Å². The van der Waals surface area contributed by atoms with Gasteiger partial charge in [0.05, 0.1) is 5.56 Å². The second-order valence-corrected chi connectivity index (χ2v) is 6.59. The van der Waals surface area contributed by atoms with Crippen LogP contribution < -0.4 is 11.1 Å². The van der Waals surface area contributed by atoms with Crippen molar-refractivity contribution in [2.24, 2.45) is 5.73 Å². The van der Waals surface area contributed by atoms with Gasteiger partial charge in [-0.2, -0.15) is 24.9 Å². The van der Waals surface area contributed by atoms with Gasteiger partial charge in [0.25, 0.3) is 0 Å². The maximum Gasteiger partial charge on any atom is 0.416 e. The van der Waals surface area contributed by atoms with Crippen LogP contribution in [0.3, 0.4) is 0 Å². The predicted octanol–water partition coefficient (Wildman–Crippen LogP) is 4.04. The van der Waals surface area contributed by atoms with Crippen molar-refractivity contribution in [3.63, 3.8) is 0 Å². The van der Waals surface area contributed by atoms with Crippen molar-refractivity contribution in [2.75, 3.05) is 11.6 Å². The standard InChI is InChI=1S/C14H17F3N2S2/c1-21-12-4-2-3-11(12)19-10-6-5-8(14(15,16)17)7-9(10)13(18)20/h5-7,11-12,19H,2-4H2,1H3,(H2,18,20). The van der Waals surface area contributed by atoms with Gasteiger partial charge in [0.2, 0.25) is 0 Å². The molecule has 2 nitrogen and oxygen atoms in total. The Bertz CT molecular complexity index is 531. The molecule has 0 aromatic heterocycles. The van der Waals surface area contributed by atoms with E-state index in [4.69, 9.17) is 18.0 Å². The summed E-state index contributed by atoms with van der Waals surface area (Å²) < 4.78 is 38.3. The van der Waals surface area contributed by atoms with Crippen LogP contribution in [0.25, 0.3) is 0 Å². The third kappa shape index (κ3) is 3.83. The van der Waals surface area contributed by atoms with E-state index in [0.29, 0.717) is 10.9 Å². The first kappa shape index (κ1) is 16.4. The van der Waals surface area contributed by atoms with Gasteiger partial charge in [-0.25, -0.2) is 0 Å². The summed E-state index contributed by atoms with van der Waals surface area (Å²) in [5, 5.41) is 3.78. The third-order valence-corrected chi connectivity index (χ3v) is 5.10. The first-order valence-corrected chi connectivity index (χ1v) is 8.33. The van der Waals surface area contributed by atoms with Crippen LogP contribution in [0.15, 0.2) is 18.2 Å². The lowest BCUT2D eigenvalue weighted by Gasteiger charge is -2.22. The first-order chi connectivity index (χ1) is 9.82. The summed E-state index contributed by atoms with van der Waals surface area (Å²) in [6.07, 6.45) is 0.885. The number of hydrogen-bond acceptors (Lipinski definition) is 3. The van der Waals surface area contributed by atoms with E-state index >= 15 is 0 Å². The monoisotopic (exact) mass is 334 g/mol. The molecule has 1 aromatic rings. The molecule has 2 rings (SSSR count). The highest BCUT2D eigenvalue weighted by atomic mass is 32.2. The van der Waals surface area contributed by atoms with Crippen molar-refractivity contribution in [1.29, 1.82) is 0 Å². The molecular formula is C14H17F3N2S2. The lowest BCUT2D eigenvalue weighted by atomic mass is 10.1. The average molecular weight is 334 g/mol. The molecule has 21 heavy (non-hydrogen) atoms. The first-order valence-electron chi connectivity index (χ1n) is 6.63. The second kappa shape index (κ2) is 6.44. The molecule has 0 amide bonds. The van der Waals surface area contributed by atoms with Gasteiger partial charge in [0, 0.05) is 22.5 Å². The van der Waals surface area contributed by atoms with Gasteiger partial charge in [-0.05, 0) is 37.3 Å². The lowest BCUT2D eigenvalue weighted by Crippen LogP contribution is -2.27. The van der Waals surface area contributed by atoms with Crippen LogP contribution in [0.5, 0.6) is 0 Å². The Morgan fingerprint density at radius 3 is 2.67 bits per heavy atom. The Kier molecular flexibility index (Phi) is 5.03. The van der Waals surface area contributed by atoms with Crippen LogP contribution in [0.1, 0.15) is 30.4 Å². The highest BCUT2D eigenvalue weighted by Gasteiger charge is 2.32. The SMILES string of the molecule is CSC1CCCC1Nc1ccc(C(F)(F)F)cc1C(N)=S. The molecular weight excluding hydrogens is 317 g/mol. The Morgan fingerprint density at radius 1 is 1.38 bits per heavy atom. The third-order valence-electron chi connectivity index (χ3n) is 3.71. The Balaban J connectivity index is 2.29. The molecule has 0 saturated heterocycles. The molecule has 2 unspecified atom stereocenters. The van der Waals surface area contributed by atoms with Crippen LogP contribution >= 0.6 is 24.0 Å². The molecule has 1 aliphatic rings. The van der Waals surface area contributed by atoms with Crippen molar-refractivity contribution in [3.05, 3.63) is 29.3 Å². The summed E-state index contributed by atoms with van der Waals surface area (Å²) in [4.78, 5) is -0.0256. The zero-order valence-electron chi connectivity index (χ0n) is 11.5. The molecule has 0 aliphatic heterocycles. The molecule has 1 saturated carbocycles. The van der Waals surface area contributed by atoms with Crippen molar-refractivity contribution in [1.82, 2.24) is 0 Å². The van der Waals surface area contributed by atoms with Crippen molar-refractivity contribution >= 4 is 34.7 Å². The molecule has 1 aromatic carbocycles. The molecule has 0 radical (unpaired) electrons. The molecule has 1 aliphatic carbocycles. The number of hydrogen-bond donors (Lipinski definition) is 2. The van der Waals surface area contributed by atoms with Gasteiger partial charge in [-0.3, -0.25) is 0 Å². The normalized spacial score (nSPS) is 22.3. The van der Waals surface area contributed by atoms with E-state index in [1.54, 1.807) is 11.8 Å². The minimum Gasteiger partial charge on any atom is -0.389 e. The van der Waals surface area contributed by atoms with Crippen LogP contribution in [0, 0.1) is 0 Å². The zero-order chi connectivity index (χ0) is 15.6. The fraction of sp³-hybridized carbons (Fsp3) is 0.500. The maximum atomic E-state index is 12.8.